The number of pyridine rings is 1. The Balaban J connectivity index is 1.03. The van der Waals surface area contributed by atoms with Crippen LogP contribution in [0.1, 0.15) is 0 Å². The Kier molecular flexibility index (Phi) is 8.45. The summed E-state index contributed by atoms with van der Waals surface area (Å²) >= 11 is 0. The van der Waals surface area contributed by atoms with Gasteiger partial charge in [0.25, 0.3) is 0 Å². The van der Waals surface area contributed by atoms with Crippen LogP contribution in [0.15, 0.2) is 217 Å². The number of hydrogen-bond acceptors (Lipinski definition) is 4. The molecule has 0 unspecified atom stereocenters. The zero-order valence-electron chi connectivity index (χ0n) is 32.0. The molecule has 11 aromatic rings. The van der Waals surface area contributed by atoms with E-state index in [-0.39, 0.29) is 0 Å². The van der Waals surface area contributed by atoms with Gasteiger partial charge in [-0.25, -0.2) is 15.0 Å². The Morgan fingerprint density at radius 1 is 0.305 bits per heavy atom. The molecular formula is C55H35N3O. The Morgan fingerprint density at radius 3 is 1.47 bits per heavy atom. The lowest BCUT2D eigenvalue weighted by molar-refractivity contribution is 0.669. The van der Waals surface area contributed by atoms with Crippen molar-refractivity contribution in [3.05, 3.63) is 212 Å². The normalized spacial score (nSPS) is 11.4. The number of nitrogens with zero attached hydrogens (tertiary/aromatic N) is 3. The highest BCUT2D eigenvalue weighted by atomic mass is 16.3. The van der Waals surface area contributed by atoms with Crippen molar-refractivity contribution >= 4 is 32.8 Å². The molecule has 0 radical (unpaired) electrons. The third-order valence-electron chi connectivity index (χ3n) is 11.1. The van der Waals surface area contributed by atoms with E-state index in [9.17, 15) is 0 Å². The van der Waals surface area contributed by atoms with Crippen molar-refractivity contribution in [1.29, 1.82) is 0 Å². The van der Waals surface area contributed by atoms with Gasteiger partial charge in [0.05, 0.1) is 16.9 Å². The van der Waals surface area contributed by atoms with Gasteiger partial charge in [-0.05, 0) is 63.7 Å². The highest BCUT2D eigenvalue weighted by Gasteiger charge is 2.19. The molecule has 0 aliphatic carbocycles. The van der Waals surface area contributed by atoms with E-state index in [2.05, 4.69) is 170 Å². The van der Waals surface area contributed by atoms with Gasteiger partial charge in [0.15, 0.2) is 11.4 Å². The second-order valence-corrected chi connectivity index (χ2v) is 14.8. The molecule has 276 valence electrons. The summed E-state index contributed by atoms with van der Waals surface area (Å²) < 4.78 is 6.55. The monoisotopic (exact) mass is 753 g/mol. The van der Waals surface area contributed by atoms with Gasteiger partial charge in [-0.2, -0.15) is 0 Å². The van der Waals surface area contributed by atoms with E-state index in [0.29, 0.717) is 5.82 Å². The minimum Gasteiger partial charge on any atom is -0.454 e. The minimum atomic E-state index is 0.676. The van der Waals surface area contributed by atoms with Crippen LogP contribution in [0.3, 0.4) is 0 Å². The maximum atomic E-state index is 6.55. The number of aromatic nitrogens is 3. The summed E-state index contributed by atoms with van der Waals surface area (Å²) in [6.07, 6.45) is 0. The quantitative estimate of drug-likeness (QED) is 0.163. The van der Waals surface area contributed by atoms with Crippen molar-refractivity contribution in [3.8, 4) is 78.5 Å². The smallest absolute Gasteiger partial charge is 0.162 e. The number of fused-ring (bicyclic) bond motifs is 5. The van der Waals surface area contributed by atoms with Gasteiger partial charge in [0.2, 0.25) is 0 Å². The zero-order chi connectivity index (χ0) is 39.1. The third-order valence-corrected chi connectivity index (χ3v) is 11.1. The van der Waals surface area contributed by atoms with Crippen LogP contribution >= 0.6 is 0 Å². The van der Waals surface area contributed by atoms with E-state index in [1.165, 1.54) is 11.1 Å². The van der Waals surface area contributed by atoms with Gasteiger partial charge in [-0.15, -0.1) is 0 Å². The number of furan rings is 1. The highest BCUT2D eigenvalue weighted by molar-refractivity contribution is 6.21. The predicted octanol–water partition coefficient (Wildman–Crippen LogP) is 14.6. The van der Waals surface area contributed by atoms with Crippen LogP contribution in [0.5, 0.6) is 0 Å². The second-order valence-electron chi connectivity index (χ2n) is 14.8. The SMILES string of the molecule is c1ccc(-c2ccc(-c3cc(-c4cccc(-c5ccc6nc(-c7ccccc7)c7oc8ccccc8c7c6c5)c4)nc(-c4ccc(-c5ccccc5)cc4)n3)cc2)cc1. The van der Waals surface area contributed by atoms with Crippen LogP contribution in [-0.2, 0) is 0 Å². The molecule has 3 aromatic heterocycles. The fraction of sp³-hybridized carbons (Fsp3) is 0. The topological polar surface area (TPSA) is 51.8 Å². The number of rotatable bonds is 7. The van der Waals surface area contributed by atoms with Gasteiger partial charge >= 0.3 is 0 Å². The molecule has 0 aliphatic heterocycles. The van der Waals surface area contributed by atoms with Crippen LogP contribution in [0, 0.1) is 0 Å². The van der Waals surface area contributed by atoms with E-state index in [1.807, 2.05) is 42.5 Å². The van der Waals surface area contributed by atoms with Crippen molar-refractivity contribution in [3.63, 3.8) is 0 Å². The first-order valence-corrected chi connectivity index (χ1v) is 19.8. The van der Waals surface area contributed by atoms with Gasteiger partial charge in [-0.3, -0.25) is 0 Å². The van der Waals surface area contributed by atoms with Gasteiger partial charge in [0, 0.05) is 38.4 Å². The minimum absolute atomic E-state index is 0.676. The number of benzene rings is 8. The molecule has 59 heavy (non-hydrogen) atoms. The van der Waals surface area contributed by atoms with Crippen molar-refractivity contribution in [2.45, 2.75) is 0 Å². The lowest BCUT2D eigenvalue weighted by Crippen LogP contribution is -1.96. The summed E-state index contributed by atoms with van der Waals surface area (Å²) in [6, 6.07) is 73.9. The second kappa shape index (κ2) is 14.5. The molecule has 0 N–H and O–H groups in total. The first-order valence-electron chi connectivity index (χ1n) is 19.8. The molecule has 0 saturated carbocycles. The largest absolute Gasteiger partial charge is 0.454 e. The lowest BCUT2D eigenvalue weighted by Gasteiger charge is -2.12. The Bertz CT molecular complexity index is 3180. The van der Waals surface area contributed by atoms with Crippen LogP contribution < -0.4 is 0 Å². The molecule has 11 rings (SSSR count). The lowest BCUT2D eigenvalue weighted by atomic mass is 9.97. The molecule has 0 saturated heterocycles. The van der Waals surface area contributed by atoms with Gasteiger partial charge in [0.1, 0.15) is 11.3 Å². The molecule has 0 atom stereocenters. The summed E-state index contributed by atoms with van der Waals surface area (Å²) in [5, 5.41) is 3.20. The average molecular weight is 754 g/mol. The first kappa shape index (κ1) is 34.3. The predicted molar refractivity (Wildman–Crippen MR) is 243 cm³/mol. The molecule has 0 aliphatic rings. The standard InChI is InChI=1S/C55H35N3O/c1-4-13-36(14-5-1)38-23-27-40(28-24-38)49-35-50(58-55(57-49)42-29-25-39(26-30-42)37-15-6-2-7-16-37)45-20-12-19-43(33-45)44-31-32-48-47(34-44)52-46-21-10-11-22-51(46)59-54(52)53(56-48)41-17-8-3-9-18-41/h1-35H. The fourth-order valence-electron chi connectivity index (χ4n) is 8.09. The summed E-state index contributed by atoms with van der Waals surface area (Å²) in [7, 11) is 0. The molecule has 0 fully saturated rings. The summed E-state index contributed by atoms with van der Waals surface area (Å²) in [6.45, 7) is 0. The van der Waals surface area contributed by atoms with Crippen LogP contribution in [0.2, 0.25) is 0 Å². The van der Waals surface area contributed by atoms with E-state index < -0.39 is 0 Å². The molecule has 0 bridgehead atoms. The molecule has 4 nitrogen and oxygen atoms in total. The van der Waals surface area contributed by atoms with Gasteiger partial charge < -0.3 is 4.42 Å². The maximum absolute atomic E-state index is 6.55. The summed E-state index contributed by atoms with van der Waals surface area (Å²) in [5.74, 6) is 0.676. The Hall–Kier alpha value is -7.95. The number of para-hydroxylation sites is 1. The molecule has 8 aromatic carbocycles. The fourth-order valence-corrected chi connectivity index (χ4v) is 8.09. The summed E-state index contributed by atoms with van der Waals surface area (Å²) in [4.78, 5) is 15.6. The molecule has 0 spiro atoms. The molecule has 0 amide bonds. The van der Waals surface area contributed by atoms with Crippen LogP contribution in [0.4, 0.5) is 0 Å². The van der Waals surface area contributed by atoms with Crippen molar-refractivity contribution < 1.29 is 4.42 Å². The van der Waals surface area contributed by atoms with E-state index in [4.69, 9.17) is 19.4 Å². The van der Waals surface area contributed by atoms with Gasteiger partial charge in [-0.1, -0.05) is 182 Å². The van der Waals surface area contributed by atoms with Crippen LogP contribution in [0.25, 0.3) is 111 Å². The highest BCUT2D eigenvalue weighted by Crippen LogP contribution is 2.41. The van der Waals surface area contributed by atoms with E-state index >= 15 is 0 Å². The molecular weight excluding hydrogens is 719 g/mol. The Labute approximate surface area is 341 Å². The molecule has 4 heteroatoms. The summed E-state index contributed by atoms with van der Waals surface area (Å²) in [5.41, 5.74) is 16.0. The number of hydrogen-bond donors (Lipinski definition) is 0. The third kappa shape index (κ3) is 6.43. The first-order chi connectivity index (χ1) is 29.2. The Morgan fingerprint density at radius 2 is 0.797 bits per heavy atom. The van der Waals surface area contributed by atoms with Crippen molar-refractivity contribution in [1.82, 2.24) is 15.0 Å². The molecule has 3 heterocycles. The average Bonchev–Trinajstić information content (AvgIpc) is 3.72. The van der Waals surface area contributed by atoms with E-state index in [0.717, 1.165) is 94.4 Å². The van der Waals surface area contributed by atoms with Crippen LogP contribution in [-0.4, -0.2) is 15.0 Å². The van der Waals surface area contributed by atoms with Crippen molar-refractivity contribution in [2.75, 3.05) is 0 Å². The zero-order valence-corrected chi connectivity index (χ0v) is 32.0. The van der Waals surface area contributed by atoms with E-state index in [1.54, 1.807) is 0 Å². The van der Waals surface area contributed by atoms with Crippen molar-refractivity contribution in [2.24, 2.45) is 0 Å². The maximum Gasteiger partial charge on any atom is 0.162 e.